The van der Waals surface area contributed by atoms with E-state index >= 15 is 0 Å². The molecule has 0 fully saturated rings. The number of esters is 1. The van der Waals surface area contributed by atoms with Gasteiger partial charge in [0.15, 0.2) is 0 Å². The largest absolute Gasteiger partial charge is 0.495 e. The van der Waals surface area contributed by atoms with E-state index in [-0.39, 0.29) is 5.97 Å². The number of hydrogen-bond acceptors (Lipinski definition) is 3. The topological polar surface area (TPSA) is 35.5 Å². The van der Waals surface area contributed by atoms with Crippen LogP contribution >= 0.6 is 0 Å². The molecular formula is C8H12O3. The van der Waals surface area contributed by atoms with Gasteiger partial charge in [-0.3, -0.25) is 0 Å². The SMILES string of the molecule is CCCCOC(=O)C1=COC1. The summed E-state index contributed by atoms with van der Waals surface area (Å²) in [5, 5.41) is 0. The molecule has 1 heterocycles. The summed E-state index contributed by atoms with van der Waals surface area (Å²) in [6.07, 6.45) is 3.41. The Balaban J connectivity index is 2.11. The molecule has 62 valence electrons. The molecule has 0 saturated carbocycles. The van der Waals surface area contributed by atoms with Crippen LogP contribution in [0.1, 0.15) is 19.8 Å². The minimum absolute atomic E-state index is 0.232. The van der Waals surface area contributed by atoms with Crippen LogP contribution in [0.25, 0.3) is 0 Å². The van der Waals surface area contributed by atoms with E-state index < -0.39 is 0 Å². The molecule has 0 spiro atoms. The minimum atomic E-state index is -0.232. The van der Waals surface area contributed by atoms with Crippen LogP contribution in [0.4, 0.5) is 0 Å². The van der Waals surface area contributed by atoms with Crippen molar-refractivity contribution in [3.8, 4) is 0 Å². The molecule has 0 atom stereocenters. The molecule has 0 saturated heterocycles. The number of hydrogen-bond donors (Lipinski definition) is 0. The molecule has 0 bridgehead atoms. The molecule has 0 N–H and O–H groups in total. The Kier molecular flexibility index (Phi) is 2.95. The molecule has 1 aliphatic heterocycles. The second kappa shape index (κ2) is 4.01. The van der Waals surface area contributed by atoms with Crippen molar-refractivity contribution >= 4 is 5.97 Å². The Morgan fingerprint density at radius 2 is 2.55 bits per heavy atom. The summed E-state index contributed by atoms with van der Waals surface area (Å²) in [7, 11) is 0. The van der Waals surface area contributed by atoms with Gasteiger partial charge in [-0.25, -0.2) is 4.79 Å². The van der Waals surface area contributed by atoms with Crippen LogP contribution in [-0.4, -0.2) is 19.2 Å². The van der Waals surface area contributed by atoms with Crippen LogP contribution in [0.5, 0.6) is 0 Å². The van der Waals surface area contributed by atoms with Crippen molar-refractivity contribution in [1.82, 2.24) is 0 Å². The molecule has 11 heavy (non-hydrogen) atoms. The van der Waals surface area contributed by atoms with Crippen molar-refractivity contribution in [3.05, 3.63) is 11.8 Å². The quantitative estimate of drug-likeness (QED) is 0.454. The second-order valence-corrected chi connectivity index (χ2v) is 2.44. The first-order valence-electron chi connectivity index (χ1n) is 3.82. The Bertz CT molecular complexity index is 172. The summed E-state index contributed by atoms with van der Waals surface area (Å²) in [5.74, 6) is -0.232. The first-order chi connectivity index (χ1) is 5.34. The molecule has 1 aliphatic rings. The molecular weight excluding hydrogens is 144 g/mol. The van der Waals surface area contributed by atoms with Crippen LogP contribution < -0.4 is 0 Å². The molecule has 3 heteroatoms. The van der Waals surface area contributed by atoms with E-state index in [1.165, 1.54) is 6.26 Å². The second-order valence-electron chi connectivity index (χ2n) is 2.44. The summed E-state index contributed by atoms with van der Waals surface area (Å²) < 4.78 is 9.60. The zero-order valence-corrected chi connectivity index (χ0v) is 6.63. The van der Waals surface area contributed by atoms with E-state index in [9.17, 15) is 4.79 Å². The third-order valence-corrected chi connectivity index (χ3v) is 1.46. The molecule has 0 radical (unpaired) electrons. The number of ether oxygens (including phenoxy) is 2. The highest BCUT2D eigenvalue weighted by Crippen LogP contribution is 2.09. The average molecular weight is 156 g/mol. The summed E-state index contributed by atoms with van der Waals surface area (Å²) in [6, 6.07) is 0. The number of carbonyl (C=O) groups excluding carboxylic acids is 1. The van der Waals surface area contributed by atoms with Gasteiger partial charge < -0.3 is 9.47 Å². The maximum absolute atomic E-state index is 10.9. The summed E-state index contributed by atoms with van der Waals surface area (Å²) in [5.41, 5.74) is 0.640. The zero-order valence-electron chi connectivity index (χ0n) is 6.63. The number of rotatable bonds is 4. The van der Waals surface area contributed by atoms with E-state index in [2.05, 4.69) is 6.92 Å². The molecule has 0 amide bonds. The van der Waals surface area contributed by atoms with Crippen molar-refractivity contribution in [2.24, 2.45) is 0 Å². The summed E-state index contributed by atoms with van der Waals surface area (Å²) in [4.78, 5) is 10.9. The van der Waals surface area contributed by atoms with Gasteiger partial charge in [-0.15, -0.1) is 0 Å². The van der Waals surface area contributed by atoms with Gasteiger partial charge in [0.25, 0.3) is 0 Å². The monoisotopic (exact) mass is 156 g/mol. The highest BCUT2D eigenvalue weighted by Gasteiger charge is 2.17. The third-order valence-electron chi connectivity index (χ3n) is 1.46. The molecule has 0 unspecified atom stereocenters. The lowest BCUT2D eigenvalue weighted by Gasteiger charge is -2.13. The molecule has 0 aliphatic carbocycles. The van der Waals surface area contributed by atoms with Gasteiger partial charge in [0.1, 0.15) is 12.2 Å². The number of unbranched alkanes of at least 4 members (excludes halogenated alkanes) is 1. The van der Waals surface area contributed by atoms with Crippen LogP contribution in [0, 0.1) is 0 Å². The standard InChI is InChI=1S/C8H12O3/c1-2-3-4-11-8(9)7-5-10-6-7/h5H,2-4,6H2,1H3. The maximum Gasteiger partial charge on any atom is 0.340 e. The smallest absolute Gasteiger partial charge is 0.340 e. The zero-order chi connectivity index (χ0) is 8.10. The molecule has 1 rings (SSSR count). The number of carbonyl (C=O) groups is 1. The minimum Gasteiger partial charge on any atom is -0.495 e. The van der Waals surface area contributed by atoms with E-state index in [1.54, 1.807) is 0 Å². The lowest BCUT2D eigenvalue weighted by Crippen LogP contribution is -2.18. The average Bonchev–Trinajstić information content (AvgIpc) is 1.84. The highest BCUT2D eigenvalue weighted by atomic mass is 16.5. The first kappa shape index (κ1) is 8.11. The Labute approximate surface area is 66.0 Å². The Morgan fingerprint density at radius 1 is 1.82 bits per heavy atom. The van der Waals surface area contributed by atoms with Crippen LogP contribution in [0.2, 0.25) is 0 Å². The molecule has 3 nitrogen and oxygen atoms in total. The molecule has 0 aromatic heterocycles. The van der Waals surface area contributed by atoms with Crippen molar-refractivity contribution in [2.45, 2.75) is 19.8 Å². The summed E-state index contributed by atoms with van der Waals surface area (Å²) in [6.45, 7) is 2.98. The predicted molar refractivity (Wildman–Crippen MR) is 39.9 cm³/mol. The van der Waals surface area contributed by atoms with Crippen molar-refractivity contribution in [2.75, 3.05) is 13.2 Å². The Hall–Kier alpha value is -0.990. The van der Waals surface area contributed by atoms with Crippen LogP contribution in [0.3, 0.4) is 0 Å². The summed E-state index contributed by atoms with van der Waals surface area (Å²) >= 11 is 0. The van der Waals surface area contributed by atoms with Gasteiger partial charge in [-0.05, 0) is 6.42 Å². The fourth-order valence-electron chi connectivity index (χ4n) is 0.676. The Morgan fingerprint density at radius 3 is 3.00 bits per heavy atom. The first-order valence-corrected chi connectivity index (χ1v) is 3.82. The normalized spacial score (nSPS) is 14.5. The predicted octanol–water partition coefficient (Wildman–Crippen LogP) is 1.24. The third kappa shape index (κ3) is 2.26. The highest BCUT2D eigenvalue weighted by molar-refractivity contribution is 5.89. The maximum atomic E-state index is 10.9. The van der Waals surface area contributed by atoms with Gasteiger partial charge in [0.2, 0.25) is 0 Å². The van der Waals surface area contributed by atoms with Gasteiger partial charge in [0, 0.05) is 0 Å². The van der Waals surface area contributed by atoms with Crippen molar-refractivity contribution in [3.63, 3.8) is 0 Å². The lowest BCUT2D eigenvalue weighted by atomic mass is 10.3. The van der Waals surface area contributed by atoms with Gasteiger partial charge in [-0.1, -0.05) is 13.3 Å². The van der Waals surface area contributed by atoms with Gasteiger partial charge >= 0.3 is 5.97 Å². The van der Waals surface area contributed by atoms with E-state index in [4.69, 9.17) is 9.47 Å². The molecule has 0 aromatic carbocycles. The molecule has 0 aromatic rings. The van der Waals surface area contributed by atoms with E-state index in [0.29, 0.717) is 18.8 Å². The fraction of sp³-hybridized carbons (Fsp3) is 0.625. The fourth-order valence-corrected chi connectivity index (χ4v) is 0.676. The van der Waals surface area contributed by atoms with Gasteiger partial charge in [-0.2, -0.15) is 0 Å². The van der Waals surface area contributed by atoms with E-state index in [1.807, 2.05) is 0 Å². The van der Waals surface area contributed by atoms with Crippen molar-refractivity contribution in [1.29, 1.82) is 0 Å². The van der Waals surface area contributed by atoms with E-state index in [0.717, 1.165) is 12.8 Å². The van der Waals surface area contributed by atoms with Crippen LogP contribution in [0.15, 0.2) is 11.8 Å². The lowest BCUT2D eigenvalue weighted by molar-refractivity contribution is -0.140. The van der Waals surface area contributed by atoms with Crippen molar-refractivity contribution < 1.29 is 14.3 Å². The van der Waals surface area contributed by atoms with Gasteiger partial charge in [0.05, 0.1) is 12.9 Å². The van der Waals surface area contributed by atoms with Crippen LogP contribution in [-0.2, 0) is 14.3 Å².